The molecule has 0 aliphatic carbocycles. The molecule has 0 N–H and O–H groups in total. The Labute approximate surface area is 354 Å². The molecule has 0 spiro atoms. The van der Waals surface area contributed by atoms with Gasteiger partial charge in [0.2, 0.25) is 0 Å². The van der Waals surface area contributed by atoms with Crippen LogP contribution in [-0.2, 0) is 43.1 Å². The van der Waals surface area contributed by atoms with Crippen molar-refractivity contribution in [1.29, 1.82) is 0 Å². The van der Waals surface area contributed by atoms with Gasteiger partial charge < -0.3 is 13.6 Å². The Kier molecular flexibility index (Phi) is 15.7. The quantitative estimate of drug-likeness (QED) is 0.0680. The Balaban J connectivity index is 1.29. The molecule has 0 amide bonds. The number of hydrogen-bond donors (Lipinski definition) is 0. The molecule has 0 radical (unpaired) electrons. The number of phosphoric ester groups is 1. The van der Waals surface area contributed by atoms with Crippen LogP contribution in [0.15, 0.2) is 127 Å². The van der Waals surface area contributed by atoms with Crippen LogP contribution in [0.4, 0.5) is 0 Å². The van der Waals surface area contributed by atoms with E-state index in [-0.39, 0.29) is 0 Å². The molecule has 308 valence electrons. The summed E-state index contributed by atoms with van der Waals surface area (Å²) in [5.41, 5.74) is 15.0. The van der Waals surface area contributed by atoms with E-state index in [2.05, 4.69) is 96.1 Å². The minimum absolute atomic E-state index is 0.401. The van der Waals surface area contributed by atoms with E-state index in [1.165, 1.54) is 50.1 Å². The van der Waals surface area contributed by atoms with Gasteiger partial charge in [0.1, 0.15) is 17.2 Å². The van der Waals surface area contributed by atoms with E-state index in [0.29, 0.717) is 17.2 Å². The Hall–Kier alpha value is -5.05. The maximum Gasteiger partial charge on any atom is 0.647 e. The van der Waals surface area contributed by atoms with Crippen LogP contribution in [0.3, 0.4) is 0 Å². The van der Waals surface area contributed by atoms with Crippen molar-refractivity contribution in [3.05, 3.63) is 161 Å². The number of hydrogen-bond acceptors (Lipinski definition) is 4. The number of benzene rings is 6. The van der Waals surface area contributed by atoms with E-state index in [1.54, 1.807) is 0 Å². The molecule has 0 bridgehead atoms. The van der Waals surface area contributed by atoms with E-state index in [1.807, 2.05) is 72.8 Å². The van der Waals surface area contributed by atoms with Gasteiger partial charge in [-0.25, -0.2) is 0 Å². The van der Waals surface area contributed by atoms with E-state index < -0.39 is 7.82 Å². The van der Waals surface area contributed by atoms with Gasteiger partial charge >= 0.3 is 7.82 Å². The lowest BCUT2D eigenvalue weighted by atomic mass is 9.94. The standard InChI is InChI=1S/C54H63O4P/c1-7-13-40-19-34-52(46(37-40)16-10-4)43-22-28-49(29-23-43)56-59(55,57-50-30-24-44(25-31-50)53-35-20-41(14-8-2)38-47(53)17-11-5)58-51-32-26-45(27-33-51)54-36-21-42(15-9-3)39-48(54)18-12-6/h19-39H,7-18H2,1-6H3. The third kappa shape index (κ3) is 11.6. The van der Waals surface area contributed by atoms with Crippen LogP contribution in [-0.4, -0.2) is 0 Å². The molecule has 0 saturated carbocycles. The van der Waals surface area contributed by atoms with Gasteiger partial charge in [-0.3, -0.25) is 0 Å². The Bertz CT molecular complexity index is 2030. The first-order chi connectivity index (χ1) is 28.8. The molecule has 5 heteroatoms. The summed E-state index contributed by atoms with van der Waals surface area (Å²) in [4.78, 5) is 0. The molecule has 4 nitrogen and oxygen atoms in total. The number of rotatable bonds is 21. The molecule has 0 heterocycles. The molecule has 59 heavy (non-hydrogen) atoms. The van der Waals surface area contributed by atoms with Gasteiger partial charge in [0.15, 0.2) is 0 Å². The SMILES string of the molecule is CCCc1ccc(-c2ccc(OP(=O)(Oc3ccc(-c4ccc(CCC)cc4CCC)cc3)Oc3ccc(-c4ccc(CCC)cc4CCC)cc3)cc2)c(CCC)c1. The average molecular weight is 807 g/mol. The normalized spacial score (nSPS) is 11.4. The summed E-state index contributed by atoms with van der Waals surface area (Å²) in [6.07, 6.45) is 12.8. The Morgan fingerprint density at radius 2 is 0.593 bits per heavy atom. The fourth-order valence-electron chi connectivity index (χ4n) is 8.08. The van der Waals surface area contributed by atoms with E-state index in [4.69, 9.17) is 13.6 Å². The molecule has 0 fully saturated rings. The van der Waals surface area contributed by atoms with Crippen molar-refractivity contribution in [2.75, 3.05) is 0 Å². The molecule has 0 aliphatic heterocycles. The van der Waals surface area contributed by atoms with E-state index >= 15 is 0 Å². The predicted molar refractivity (Wildman–Crippen MR) is 249 cm³/mol. The highest BCUT2D eigenvalue weighted by molar-refractivity contribution is 7.49. The average Bonchev–Trinajstić information content (AvgIpc) is 3.23. The van der Waals surface area contributed by atoms with Crippen LogP contribution >= 0.6 is 7.82 Å². The second-order valence-electron chi connectivity index (χ2n) is 15.8. The second-order valence-corrected chi connectivity index (χ2v) is 17.2. The molecule has 6 aromatic rings. The van der Waals surface area contributed by atoms with Crippen LogP contribution in [0.2, 0.25) is 0 Å². The summed E-state index contributed by atoms with van der Waals surface area (Å²) in [6.45, 7) is 13.3. The third-order valence-electron chi connectivity index (χ3n) is 10.8. The zero-order valence-corrected chi connectivity index (χ0v) is 37.1. The molecule has 0 atom stereocenters. The summed E-state index contributed by atoms with van der Waals surface area (Å²) in [5.74, 6) is 1.20. The highest BCUT2D eigenvalue weighted by atomic mass is 31.2. The minimum Gasteiger partial charge on any atom is -0.386 e. The molecule has 0 aromatic heterocycles. The van der Waals surface area contributed by atoms with Crippen LogP contribution in [0.25, 0.3) is 33.4 Å². The van der Waals surface area contributed by atoms with E-state index in [9.17, 15) is 4.57 Å². The lowest BCUT2D eigenvalue weighted by Gasteiger charge is -2.20. The summed E-state index contributed by atoms with van der Waals surface area (Å²) >= 11 is 0. The van der Waals surface area contributed by atoms with Gasteiger partial charge in [-0.15, -0.1) is 0 Å². The van der Waals surface area contributed by atoms with Crippen molar-refractivity contribution in [3.8, 4) is 50.6 Å². The number of aryl methyl sites for hydroxylation is 6. The monoisotopic (exact) mass is 806 g/mol. The zero-order chi connectivity index (χ0) is 41.6. The lowest BCUT2D eigenvalue weighted by molar-refractivity contribution is 0.298. The van der Waals surface area contributed by atoms with Gasteiger partial charge in [0.25, 0.3) is 0 Å². The molecule has 6 aromatic carbocycles. The zero-order valence-electron chi connectivity index (χ0n) is 36.2. The highest BCUT2D eigenvalue weighted by Crippen LogP contribution is 2.50. The van der Waals surface area contributed by atoms with Crippen molar-refractivity contribution >= 4 is 7.82 Å². The largest absolute Gasteiger partial charge is 0.647 e. The minimum atomic E-state index is -4.25. The molecule has 0 unspecified atom stereocenters. The van der Waals surface area contributed by atoms with Crippen LogP contribution < -0.4 is 13.6 Å². The third-order valence-corrected chi connectivity index (χ3v) is 12.1. The molecular weight excluding hydrogens is 744 g/mol. The van der Waals surface area contributed by atoms with Crippen molar-refractivity contribution < 1.29 is 18.1 Å². The highest BCUT2D eigenvalue weighted by Gasteiger charge is 2.33. The smallest absolute Gasteiger partial charge is 0.386 e. The Morgan fingerprint density at radius 3 is 0.831 bits per heavy atom. The second kappa shape index (κ2) is 21.3. The first-order valence-corrected chi connectivity index (χ1v) is 23.6. The maximum atomic E-state index is 14.8. The van der Waals surface area contributed by atoms with Crippen molar-refractivity contribution in [1.82, 2.24) is 0 Å². The summed E-state index contributed by atoms with van der Waals surface area (Å²) in [5, 5.41) is 0. The molecule has 0 aliphatic rings. The Morgan fingerprint density at radius 1 is 0.339 bits per heavy atom. The first kappa shape index (κ1) is 43.5. The maximum absolute atomic E-state index is 14.8. The topological polar surface area (TPSA) is 44.8 Å². The van der Waals surface area contributed by atoms with Crippen molar-refractivity contribution in [3.63, 3.8) is 0 Å². The molecular formula is C54H63O4P. The van der Waals surface area contributed by atoms with Crippen LogP contribution in [0, 0.1) is 0 Å². The van der Waals surface area contributed by atoms with Crippen molar-refractivity contribution in [2.24, 2.45) is 0 Å². The molecule has 6 rings (SSSR count). The summed E-state index contributed by atoms with van der Waals surface area (Å²) in [6, 6.07) is 43.7. The fourth-order valence-corrected chi connectivity index (χ4v) is 9.33. The van der Waals surface area contributed by atoms with Crippen molar-refractivity contribution in [2.45, 2.75) is 119 Å². The molecule has 0 saturated heterocycles. The fraction of sp³-hybridized carbons (Fsp3) is 0.333. The summed E-state index contributed by atoms with van der Waals surface area (Å²) in [7, 11) is -4.25. The van der Waals surface area contributed by atoms with Gasteiger partial charge in [-0.05, 0) is 142 Å². The van der Waals surface area contributed by atoms with Crippen LogP contribution in [0.1, 0.15) is 113 Å². The van der Waals surface area contributed by atoms with Gasteiger partial charge in [0, 0.05) is 0 Å². The van der Waals surface area contributed by atoms with Crippen LogP contribution in [0.5, 0.6) is 17.2 Å². The number of phosphoric acid groups is 1. The van der Waals surface area contributed by atoms with E-state index in [0.717, 1.165) is 93.7 Å². The lowest BCUT2D eigenvalue weighted by Crippen LogP contribution is -2.07. The van der Waals surface area contributed by atoms with Gasteiger partial charge in [-0.2, -0.15) is 4.57 Å². The first-order valence-electron chi connectivity index (χ1n) is 22.1. The summed E-state index contributed by atoms with van der Waals surface area (Å²) < 4.78 is 33.6. The predicted octanol–water partition coefficient (Wildman–Crippen LogP) is 16.0. The van der Waals surface area contributed by atoms with Gasteiger partial charge in [-0.1, -0.05) is 171 Å². The van der Waals surface area contributed by atoms with Gasteiger partial charge in [0.05, 0.1) is 0 Å².